The monoisotopic (exact) mass is 553 g/mol. The molecule has 0 unspecified atom stereocenters. The molecule has 4 N–H and O–H groups in total. The second kappa shape index (κ2) is 15.9. The van der Waals surface area contributed by atoms with E-state index in [1.165, 1.54) is 13.5 Å². The van der Waals surface area contributed by atoms with Gasteiger partial charge < -0.3 is 20.5 Å². The number of hydrazine groups is 1. The van der Waals surface area contributed by atoms with Crippen LogP contribution in [0.4, 0.5) is 4.79 Å². The molecule has 1 saturated carbocycles. The fourth-order valence-electron chi connectivity index (χ4n) is 5.04. The summed E-state index contributed by atoms with van der Waals surface area (Å²) in [6.45, 7) is 4.33. The fourth-order valence-corrected chi connectivity index (χ4v) is 5.04. The van der Waals surface area contributed by atoms with Crippen LogP contribution in [0.2, 0.25) is 0 Å². The molecule has 218 valence electrons. The number of nitrogens with zero attached hydrogens (tertiary/aromatic N) is 2. The van der Waals surface area contributed by atoms with Crippen LogP contribution in [-0.2, 0) is 16.0 Å². The molecule has 0 saturated heterocycles. The molecular weight excluding hydrogens is 510 g/mol. The molecule has 1 aliphatic rings. The SMILES string of the molecule is COC(=O)N[C@H](C(=O)N[C@@H](Cc1ccccc1)[C@@H](O)CN(CC1CCCCC1)NC(=O)c1ccccn1)C(C)C. The lowest BCUT2D eigenvalue weighted by Crippen LogP contribution is -2.58. The van der Waals surface area contributed by atoms with E-state index in [1.807, 2.05) is 44.2 Å². The van der Waals surface area contributed by atoms with Crippen molar-refractivity contribution in [3.63, 3.8) is 0 Å². The van der Waals surface area contributed by atoms with Gasteiger partial charge in [-0.1, -0.05) is 69.5 Å². The van der Waals surface area contributed by atoms with Crippen molar-refractivity contribution in [2.75, 3.05) is 20.2 Å². The van der Waals surface area contributed by atoms with Gasteiger partial charge in [0, 0.05) is 19.3 Å². The highest BCUT2D eigenvalue weighted by molar-refractivity contribution is 5.91. The van der Waals surface area contributed by atoms with Gasteiger partial charge in [0.1, 0.15) is 11.7 Å². The van der Waals surface area contributed by atoms with E-state index in [0.717, 1.165) is 31.2 Å². The Morgan fingerprint density at radius 2 is 1.73 bits per heavy atom. The summed E-state index contributed by atoms with van der Waals surface area (Å²) in [4.78, 5) is 42.3. The van der Waals surface area contributed by atoms with Crippen LogP contribution in [0.25, 0.3) is 0 Å². The molecule has 1 aromatic carbocycles. The number of aliphatic hydroxyl groups excluding tert-OH is 1. The van der Waals surface area contributed by atoms with Crippen molar-refractivity contribution in [1.29, 1.82) is 0 Å². The molecule has 1 heterocycles. The third kappa shape index (κ3) is 9.91. The summed E-state index contributed by atoms with van der Waals surface area (Å²) in [5.41, 5.74) is 4.16. The second-order valence-electron chi connectivity index (χ2n) is 10.8. The maximum absolute atomic E-state index is 13.3. The number of rotatable bonds is 13. The van der Waals surface area contributed by atoms with E-state index in [9.17, 15) is 19.5 Å². The van der Waals surface area contributed by atoms with E-state index in [1.54, 1.807) is 29.4 Å². The standard InChI is InChI=1S/C30H43N5O5/c1-21(2)27(33-30(39)40-3)29(38)32-25(18-22-12-6-4-7-13-22)26(36)20-35(19-23-14-8-5-9-15-23)34-28(37)24-16-10-11-17-31-24/h4,6-7,10-13,16-17,21,23,25-27,36H,5,8-9,14-15,18-20H2,1-3H3,(H,32,38)(H,33,39)(H,34,37)/t25-,26-,27-/m0/s1. The first-order valence-electron chi connectivity index (χ1n) is 14.1. The number of amides is 3. The molecular formula is C30H43N5O5. The van der Waals surface area contributed by atoms with E-state index >= 15 is 0 Å². The van der Waals surface area contributed by atoms with Crippen molar-refractivity contribution in [2.24, 2.45) is 11.8 Å². The molecule has 10 nitrogen and oxygen atoms in total. The second-order valence-corrected chi connectivity index (χ2v) is 10.8. The number of benzene rings is 1. The molecule has 3 atom stereocenters. The van der Waals surface area contributed by atoms with E-state index in [-0.39, 0.29) is 24.1 Å². The highest BCUT2D eigenvalue weighted by Crippen LogP contribution is 2.24. The van der Waals surface area contributed by atoms with Crippen molar-refractivity contribution in [2.45, 2.75) is 70.6 Å². The minimum absolute atomic E-state index is 0.101. The summed E-state index contributed by atoms with van der Waals surface area (Å²) < 4.78 is 4.70. The van der Waals surface area contributed by atoms with Crippen LogP contribution in [0.1, 0.15) is 62.0 Å². The summed E-state index contributed by atoms with van der Waals surface area (Å²) in [5.74, 6) is -0.595. The molecule has 40 heavy (non-hydrogen) atoms. The van der Waals surface area contributed by atoms with Crippen LogP contribution in [0.15, 0.2) is 54.7 Å². The number of aliphatic hydroxyl groups is 1. The molecule has 2 aromatic rings. The maximum atomic E-state index is 13.3. The highest BCUT2D eigenvalue weighted by Gasteiger charge is 2.31. The molecule has 3 rings (SSSR count). The van der Waals surface area contributed by atoms with Crippen molar-refractivity contribution in [1.82, 2.24) is 26.1 Å². The number of hydrogen-bond donors (Lipinski definition) is 4. The molecule has 3 amide bonds. The Morgan fingerprint density at radius 1 is 1.02 bits per heavy atom. The van der Waals surface area contributed by atoms with Gasteiger partial charge in [0.05, 0.1) is 19.3 Å². The predicted octanol–water partition coefficient (Wildman–Crippen LogP) is 3.08. The smallest absolute Gasteiger partial charge is 0.407 e. The number of nitrogens with one attached hydrogen (secondary N) is 3. The first-order valence-corrected chi connectivity index (χ1v) is 14.1. The quantitative estimate of drug-likeness (QED) is 0.280. The summed E-state index contributed by atoms with van der Waals surface area (Å²) in [5, 5.41) is 18.8. The van der Waals surface area contributed by atoms with Crippen LogP contribution < -0.4 is 16.1 Å². The predicted molar refractivity (Wildman–Crippen MR) is 152 cm³/mol. The Labute approximate surface area is 236 Å². The van der Waals surface area contributed by atoms with Crippen LogP contribution >= 0.6 is 0 Å². The van der Waals surface area contributed by atoms with Gasteiger partial charge in [0.15, 0.2) is 0 Å². The fraction of sp³-hybridized carbons (Fsp3) is 0.533. The molecule has 0 bridgehead atoms. The van der Waals surface area contributed by atoms with Crippen molar-refractivity contribution in [3.8, 4) is 0 Å². The van der Waals surface area contributed by atoms with E-state index in [0.29, 0.717) is 18.9 Å². The number of methoxy groups -OCH3 is 1. The van der Waals surface area contributed by atoms with Crippen LogP contribution in [0, 0.1) is 11.8 Å². The number of carbonyl (C=O) groups excluding carboxylic acids is 3. The minimum Gasteiger partial charge on any atom is -0.453 e. The van der Waals surface area contributed by atoms with Gasteiger partial charge in [-0.2, -0.15) is 0 Å². The first kappa shape index (κ1) is 31.0. The van der Waals surface area contributed by atoms with Gasteiger partial charge >= 0.3 is 6.09 Å². The molecule has 1 aromatic heterocycles. The third-order valence-corrected chi connectivity index (χ3v) is 7.27. The zero-order valence-corrected chi connectivity index (χ0v) is 23.7. The summed E-state index contributed by atoms with van der Waals surface area (Å²) in [6, 6.07) is 13.2. The molecule has 0 spiro atoms. The first-order chi connectivity index (χ1) is 19.3. The normalized spacial score (nSPS) is 16.1. The minimum atomic E-state index is -1.03. The summed E-state index contributed by atoms with van der Waals surface area (Å²) >= 11 is 0. The number of aromatic nitrogens is 1. The summed E-state index contributed by atoms with van der Waals surface area (Å²) in [6.07, 6.45) is 5.82. The zero-order chi connectivity index (χ0) is 28.9. The lowest BCUT2D eigenvalue weighted by atomic mass is 9.89. The highest BCUT2D eigenvalue weighted by atomic mass is 16.5. The Bertz CT molecular complexity index is 1060. The van der Waals surface area contributed by atoms with Crippen molar-refractivity contribution < 1.29 is 24.2 Å². The number of carbonyl (C=O) groups is 3. The largest absolute Gasteiger partial charge is 0.453 e. The van der Waals surface area contributed by atoms with E-state index in [4.69, 9.17) is 4.74 Å². The van der Waals surface area contributed by atoms with Crippen molar-refractivity contribution >= 4 is 17.9 Å². The lowest BCUT2D eigenvalue weighted by molar-refractivity contribution is -0.125. The molecule has 10 heteroatoms. The summed E-state index contributed by atoms with van der Waals surface area (Å²) in [7, 11) is 1.24. The molecule has 0 radical (unpaired) electrons. The van der Waals surface area contributed by atoms with Crippen LogP contribution in [-0.4, -0.2) is 71.4 Å². The Balaban J connectivity index is 1.79. The van der Waals surface area contributed by atoms with Gasteiger partial charge in [-0.25, -0.2) is 9.80 Å². The number of pyridine rings is 1. The Morgan fingerprint density at radius 3 is 2.35 bits per heavy atom. The van der Waals surface area contributed by atoms with Crippen LogP contribution in [0.3, 0.4) is 0 Å². The van der Waals surface area contributed by atoms with Crippen molar-refractivity contribution in [3.05, 3.63) is 66.0 Å². The third-order valence-electron chi connectivity index (χ3n) is 7.27. The van der Waals surface area contributed by atoms with Gasteiger partial charge in [0.2, 0.25) is 5.91 Å². The number of alkyl carbamates (subject to hydrolysis) is 1. The van der Waals surface area contributed by atoms with E-state index < -0.39 is 30.2 Å². The molecule has 0 aliphatic heterocycles. The van der Waals surface area contributed by atoms with Crippen LogP contribution in [0.5, 0.6) is 0 Å². The molecule has 1 fully saturated rings. The Hall–Kier alpha value is -3.50. The van der Waals surface area contributed by atoms with Gasteiger partial charge in [-0.05, 0) is 48.8 Å². The topological polar surface area (TPSA) is 133 Å². The Kier molecular flexibility index (Phi) is 12.4. The lowest BCUT2D eigenvalue weighted by Gasteiger charge is -2.34. The van der Waals surface area contributed by atoms with Gasteiger partial charge in [0.25, 0.3) is 5.91 Å². The van der Waals surface area contributed by atoms with Gasteiger partial charge in [-0.15, -0.1) is 0 Å². The average molecular weight is 554 g/mol. The molecule has 1 aliphatic carbocycles. The maximum Gasteiger partial charge on any atom is 0.407 e. The zero-order valence-electron chi connectivity index (χ0n) is 23.7. The average Bonchev–Trinajstić information content (AvgIpc) is 2.96. The number of hydrogen-bond acceptors (Lipinski definition) is 7. The van der Waals surface area contributed by atoms with Gasteiger partial charge in [-0.3, -0.25) is 20.0 Å². The van der Waals surface area contributed by atoms with E-state index in [2.05, 4.69) is 21.0 Å². The number of ether oxygens (including phenoxy) is 1.